The van der Waals surface area contributed by atoms with Gasteiger partial charge in [0, 0.05) is 0 Å². The minimum absolute atomic E-state index is 0.273. The molecule has 1 heterocycles. The normalized spacial score (nSPS) is 10.3. The van der Waals surface area contributed by atoms with Gasteiger partial charge in [0.25, 0.3) is 0 Å². The molecule has 0 spiro atoms. The third-order valence-electron chi connectivity index (χ3n) is 3.49. The first kappa shape index (κ1) is 15.3. The van der Waals surface area contributed by atoms with E-state index in [1.165, 1.54) is 11.3 Å². The first-order valence-electron chi connectivity index (χ1n) is 7.29. The number of carbonyl (C=O) groups is 1. The van der Waals surface area contributed by atoms with Crippen molar-refractivity contribution in [1.82, 2.24) is 0 Å². The van der Waals surface area contributed by atoms with Crippen molar-refractivity contribution in [3.63, 3.8) is 0 Å². The molecule has 2 nitrogen and oxygen atoms in total. The van der Waals surface area contributed by atoms with Crippen LogP contribution in [0.4, 0.5) is 0 Å². The summed E-state index contributed by atoms with van der Waals surface area (Å²) in [5, 5.41) is 1.98. The van der Waals surface area contributed by atoms with E-state index in [1.807, 2.05) is 66.0 Å². The van der Waals surface area contributed by atoms with Crippen LogP contribution in [0.3, 0.4) is 0 Å². The van der Waals surface area contributed by atoms with Crippen LogP contribution in [0.25, 0.3) is 17.2 Å². The number of rotatable bonds is 5. The average Bonchev–Trinajstić information content (AvgIpc) is 3.11. The predicted octanol–water partition coefficient (Wildman–Crippen LogP) is 5.42. The number of carbonyl (C=O) groups excluding carboxylic acids is 1. The van der Waals surface area contributed by atoms with Gasteiger partial charge in [-0.1, -0.05) is 67.3 Å². The van der Waals surface area contributed by atoms with Crippen LogP contribution < -0.4 is 0 Å². The standard InChI is InChI=1S/C20H16O2S/c1-2-15-8-10-16(11-9-15)13-22-20(21)19-12-18(14-23-19)17-6-4-3-5-7-17/h2-12,14H,1,13H2. The van der Waals surface area contributed by atoms with Gasteiger partial charge in [0.05, 0.1) is 0 Å². The Balaban J connectivity index is 1.64. The van der Waals surface area contributed by atoms with E-state index in [0.717, 1.165) is 22.3 Å². The lowest BCUT2D eigenvalue weighted by molar-refractivity contribution is 0.0478. The van der Waals surface area contributed by atoms with Gasteiger partial charge in [0.2, 0.25) is 0 Å². The highest BCUT2D eigenvalue weighted by atomic mass is 32.1. The second-order valence-electron chi connectivity index (χ2n) is 5.09. The molecule has 1 aromatic heterocycles. The molecule has 0 fully saturated rings. The summed E-state index contributed by atoms with van der Waals surface area (Å²) in [5.41, 5.74) is 4.15. The van der Waals surface area contributed by atoms with Crippen LogP contribution >= 0.6 is 11.3 Å². The molecule has 0 bridgehead atoms. The van der Waals surface area contributed by atoms with E-state index in [2.05, 4.69) is 6.58 Å². The number of hydrogen-bond acceptors (Lipinski definition) is 3. The summed E-state index contributed by atoms with van der Waals surface area (Å²) >= 11 is 1.41. The second-order valence-corrected chi connectivity index (χ2v) is 6.00. The minimum Gasteiger partial charge on any atom is -0.457 e. The molecule has 0 saturated carbocycles. The van der Waals surface area contributed by atoms with E-state index in [1.54, 1.807) is 6.08 Å². The summed E-state index contributed by atoms with van der Waals surface area (Å²) in [5.74, 6) is -0.287. The SMILES string of the molecule is C=Cc1ccc(COC(=O)c2cc(-c3ccccc3)cs2)cc1. The minimum atomic E-state index is -0.287. The molecule has 3 aromatic rings. The number of ether oxygens (including phenoxy) is 1. The summed E-state index contributed by atoms with van der Waals surface area (Å²) in [7, 11) is 0. The maximum atomic E-state index is 12.2. The Morgan fingerprint density at radius 1 is 1.04 bits per heavy atom. The summed E-state index contributed by atoms with van der Waals surface area (Å²) in [4.78, 5) is 12.8. The van der Waals surface area contributed by atoms with Crippen LogP contribution in [-0.2, 0) is 11.3 Å². The smallest absolute Gasteiger partial charge is 0.348 e. The van der Waals surface area contributed by atoms with E-state index in [-0.39, 0.29) is 12.6 Å². The Morgan fingerprint density at radius 3 is 2.48 bits per heavy atom. The lowest BCUT2D eigenvalue weighted by Crippen LogP contribution is -2.03. The number of hydrogen-bond donors (Lipinski definition) is 0. The molecule has 2 aromatic carbocycles. The zero-order valence-corrected chi connectivity index (χ0v) is 13.4. The maximum Gasteiger partial charge on any atom is 0.348 e. The maximum absolute atomic E-state index is 12.2. The lowest BCUT2D eigenvalue weighted by atomic mass is 10.1. The van der Waals surface area contributed by atoms with Gasteiger partial charge >= 0.3 is 5.97 Å². The Hall–Kier alpha value is -2.65. The van der Waals surface area contributed by atoms with Crippen molar-refractivity contribution in [3.8, 4) is 11.1 Å². The average molecular weight is 320 g/mol. The van der Waals surface area contributed by atoms with Crippen molar-refractivity contribution >= 4 is 23.4 Å². The molecule has 0 N–H and O–H groups in total. The van der Waals surface area contributed by atoms with Gasteiger partial charge in [-0.15, -0.1) is 11.3 Å². The van der Waals surface area contributed by atoms with Crippen LogP contribution in [-0.4, -0.2) is 5.97 Å². The first-order valence-corrected chi connectivity index (χ1v) is 8.16. The van der Waals surface area contributed by atoms with Crippen molar-refractivity contribution in [1.29, 1.82) is 0 Å². The summed E-state index contributed by atoms with van der Waals surface area (Å²) < 4.78 is 5.38. The first-order chi connectivity index (χ1) is 11.3. The summed E-state index contributed by atoms with van der Waals surface area (Å²) in [6, 6.07) is 19.7. The van der Waals surface area contributed by atoms with Crippen LogP contribution in [0.2, 0.25) is 0 Å². The van der Waals surface area contributed by atoms with E-state index in [0.29, 0.717) is 4.88 Å². The summed E-state index contributed by atoms with van der Waals surface area (Å²) in [6.45, 7) is 3.99. The molecule has 0 aliphatic heterocycles. The highest BCUT2D eigenvalue weighted by Gasteiger charge is 2.11. The molecule has 0 saturated heterocycles. The van der Waals surface area contributed by atoms with Crippen molar-refractivity contribution in [3.05, 3.63) is 88.6 Å². The van der Waals surface area contributed by atoms with Crippen molar-refractivity contribution in [2.45, 2.75) is 6.61 Å². The number of esters is 1. The van der Waals surface area contributed by atoms with Crippen LogP contribution in [0.1, 0.15) is 20.8 Å². The molecule has 3 rings (SSSR count). The topological polar surface area (TPSA) is 26.3 Å². The zero-order chi connectivity index (χ0) is 16.1. The highest BCUT2D eigenvalue weighted by molar-refractivity contribution is 7.12. The van der Waals surface area contributed by atoms with Gasteiger partial charge in [-0.05, 0) is 33.7 Å². The Bertz CT molecular complexity index is 801. The van der Waals surface area contributed by atoms with E-state index < -0.39 is 0 Å². The molecule has 114 valence electrons. The van der Waals surface area contributed by atoms with E-state index in [4.69, 9.17) is 4.74 Å². The molecular weight excluding hydrogens is 304 g/mol. The van der Waals surface area contributed by atoms with Crippen molar-refractivity contribution in [2.75, 3.05) is 0 Å². The van der Waals surface area contributed by atoms with Crippen LogP contribution in [0, 0.1) is 0 Å². The monoisotopic (exact) mass is 320 g/mol. The molecule has 3 heteroatoms. The lowest BCUT2D eigenvalue weighted by Gasteiger charge is -2.04. The van der Waals surface area contributed by atoms with Crippen molar-refractivity contribution in [2.24, 2.45) is 0 Å². The fourth-order valence-electron chi connectivity index (χ4n) is 2.20. The summed E-state index contributed by atoms with van der Waals surface area (Å²) in [6.07, 6.45) is 1.78. The Morgan fingerprint density at radius 2 is 1.78 bits per heavy atom. The Kier molecular flexibility index (Phi) is 4.69. The van der Waals surface area contributed by atoms with Gasteiger partial charge in [0.15, 0.2) is 0 Å². The molecule has 0 atom stereocenters. The van der Waals surface area contributed by atoms with Gasteiger partial charge in [-0.2, -0.15) is 0 Å². The molecule has 0 amide bonds. The third kappa shape index (κ3) is 3.76. The third-order valence-corrected chi connectivity index (χ3v) is 4.40. The number of thiophene rings is 1. The quantitative estimate of drug-likeness (QED) is 0.587. The fraction of sp³-hybridized carbons (Fsp3) is 0.0500. The zero-order valence-electron chi connectivity index (χ0n) is 12.6. The highest BCUT2D eigenvalue weighted by Crippen LogP contribution is 2.26. The largest absolute Gasteiger partial charge is 0.457 e. The van der Waals surface area contributed by atoms with E-state index in [9.17, 15) is 4.79 Å². The molecule has 23 heavy (non-hydrogen) atoms. The molecular formula is C20H16O2S. The predicted molar refractivity (Wildman–Crippen MR) is 95.4 cm³/mol. The Labute approximate surface area is 139 Å². The van der Waals surface area contributed by atoms with E-state index >= 15 is 0 Å². The fourth-order valence-corrected chi connectivity index (χ4v) is 3.00. The van der Waals surface area contributed by atoms with Gasteiger partial charge in [0.1, 0.15) is 11.5 Å². The van der Waals surface area contributed by atoms with Gasteiger partial charge in [-0.25, -0.2) is 4.79 Å². The van der Waals surface area contributed by atoms with Gasteiger partial charge in [-0.3, -0.25) is 0 Å². The molecule has 0 aliphatic carbocycles. The van der Waals surface area contributed by atoms with Crippen molar-refractivity contribution < 1.29 is 9.53 Å². The molecule has 0 unspecified atom stereocenters. The van der Waals surface area contributed by atoms with Crippen LogP contribution in [0.5, 0.6) is 0 Å². The number of benzene rings is 2. The second kappa shape index (κ2) is 7.07. The van der Waals surface area contributed by atoms with Crippen LogP contribution in [0.15, 0.2) is 72.6 Å². The molecule has 0 aliphatic rings. The molecule has 0 radical (unpaired) electrons. The van der Waals surface area contributed by atoms with Gasteiger partial charge < -0.3 is 4.74 Å².